The van der Waals surface area contributed by atoms with E-state index in [1.54, 1.807) is 0 Å². The summed E-state index contributed by atoms with van der Waals surface area (Å²) in [7, 11) is 0. The Bertz CT molecular complexity index is 530. The fourth-order valence-electron chi connectivity index (χ4n) is 3.11. The van der Waals surface area contributed by atoms with E-state index in [0.29, 0.717) is 18.4 Å². The molecule has 2 atom stereocenters. The second kappa shape index (κ2) is 5.00. The number of H-pyrrole nitrogens is 1. The molecule has 1 saturated carbocycles. The molecule has 0 aromatic carbocycles. The summed E-state index contributed by atoms with van der Waals surface area (Å²) in [5.41, 5.74) is -0.453. The van der Waals surface area contributed by atoms with E-state index in [1.165, 1.54) is 12.8 Å². The molecule has 21 heavy (non-hydrogen) atoms. The smallest absolute Gasteiger partial charge is 0.410 e. The Morgan fingerprint density at radius 1 is 1.33 bits per heavy atom. The number of aromatic nitrogens is 3. The van der Waals surface area contributed by atoms with Crippen LogP contribution < -0.4 is 0 Å². The van der Waals surface area contributed by atoms with Crippen LogP contribution in [0, 0.1) is 18.8 Å². The molecule has 3 rings (SSSR count). The van der Waals surface area contributed by atoms with Crippen LogP contribution >= 0.6 is 0 Å². The quantitative estimate of drug-likeness (QED) is 0.909. The second-order valence-electron chi connectivity index (χ2n) is 7.27. The molecule has 0 radical (unpaired) electrons. The van der Waals surface area contributed by atoms with Crippen molar-refractivity contribution in [2.24, 2.45) is 11.8 Å². The summed E-state index contributed by atoms with van der Waals surface area (Å²) in [4.78, 5) is 18.6. The molecule has 2 aliphatic rings. The van der Waals surface area contributed by atoms with Gasteiger partial charge in [-0.1, -0.05) is 0 Å². The number of amides is 1. The molecular formula is C15H24N4O2. The molecule has 6 heteroatoms. The van der Waals surface area contributed by atoms with Crippen LogP contribution in [0.2, 0.25) is 0 Å². The van der Waals surface area contributed by atoms with E-state index in [1.807, 2.05) is 32.6 Å². The van der Waals surface area contributed by atoms with Gasteiger partial charge >= 0.3 is 6.09 Å². The predicted molar refractivity (Wildman–Crippen MR) is 77.9 cm³/mol. The lowest BCUT2D eigenvalue weighted by atomic mass is 9.91. The van der Waals surface area contributed by atoms with Gasteiger partial charge in [-0.2, -0.15) is 5.10 Å². The number of nitrogens with one attached hydrogen (secondary N) is 1. The van der Waals surface area contributed by atoms with Crippen molar-refractivity contribution in [3.63, 3.8) is 0 Å². The number of aromatic amines is 1. The summed E-state index contributed by atoms with van der Waals surface area (Å²) in [6.07, 6.45) is 2.29. The first kappa shape index (κ1) is 14.4. The summed E-state index contributed by atoms with van der Waals surface area (Å²) in [5, 5.41) is 7.22. The molecule has 1 aromatic heterocycles. The Balaban J connectivity index is 1.73. The summed E-state index contributed by atoms with van der Waals surface area (Å²) >= 11 is 0. The molecule has 1 saturated heterocycles. The van der Waals surface area contributed by atoms with Gasteiger partial charge in [0.2, 0.25) is 0 Å². The zero-order valence-electron chi connectivity index (χ0n) is 13.2. The molecule has 0 bridgehead atoms. The first-order chi connectivity index (χ1) is 9.83. The molecule has 0 spiro atoms. The second-order valence-corrected chi connectivity index (χ2v) is 7.27. The fraction of sp³-hybridized carbons (Fsp3) is 0.800. The van der Waals surface area contributed by atoms with Crippen molar-refractivity contribution in [2.75, 3.05) is 13.1 Å². The van der Waals surface area contributed by atoms with Crippen molar-refractivity contribution in [1.29, 1.82) is 0 Å². The number of hydrogen-bond donors (Lipinski definition) is 1. The number of ether oxygens (including phenoxy) is 1. The molecule has 1 aliphatic heterocycles. The van der Waals surface area contributed by atoms with Crippen LogP contribution in [0.5, 0.6) is 0 Å². The van der Waals surface area contributed by atoms with Gasteiger partial charge in [-0.05, 0) is 52.4 Å². The van der Waals surface area contributed by atoms with Crippen molar-refractivity contribution < 1.29 is 9.53 Å². The summed E-state index contributed by atoms with van der Waals surface area (Å²) in [6.45, 7) is 9.02. The molecule has 1 aromatic rings. The third-order valence-electron chi connectivity index (χ3n) is 4.19. The van der Waals surface area contributed by atoms with Crippen LogP contribution in [0.1, 0.15) is 51.2 Å². The molecule has 0 unspecified atom stereocenters. The van der Waals surface area contributed by atoms with Crippen LogP contribution in [0.25, 0.3) is 0 Å². The lowest BCUT2D eigenvalue weighted by Gasteiger charge is -2.24. The number of carbonyl (C=O) groups is 1. The monoisotopic (exact) mass is 292 g/mol. The van der Waals surface area contributed by atoms with Gasteiger partial charge in [-0.3, -0.25) is 5.10 Å². The van der Waals surface area contributed by atoms with Crippen molar-refractivity contribution in [2.45, 2.75) is 52.1 Å². The summed E-state index contributed by atoms with van der Waals surface area (Å²) in [5.74, 6) is 3.08. The van der Waals surface area contributed by atoms with Gasteiger partial charge in [-0.15, -0.1) is 0 Å². The van der Waals surface area contributed by atoms with Gasteiger partial charge in [0.1, 0.15) is 11.4 Å². The Labute approximate surface area is 125 Å². The normalized spacial score (nSPS) is 26.2. The summed E-state index contributed by atoms with van der Waals surface area (Å²) in [6, 6.07) is 0. The molecule has 2 fully saturated rings. The van der Waals surface area contributed by atoms with Crippen molar-refractivity contribution in [1.82, 2.24) is 20.1 Å². The van der Waals surface area contributed by atoms with Gasteiger partial charge in [0.15, 0.2) is 5.82 Å². The van der Waals surface area contributed by atoms with Crippen LogP contribution in [0.4, 0.5) is 4.79 Å². The molecule has 1 aliphatic carbocycles. The molecule has 116 valence electrons. The van der Waals surface area contributed by atoms with E-state index in [9.17, 15) is 4.79 Å². The van der Waals surface area contributed by atoms with E-state index >= 15 is 0 Å². The minimum absolute atomic E-state index is 0.220. The maximum atomic E-state index is 12.3. The highest BCUT2D eigenvalue weighted by Crippen LogP contribution is 2.47. The number of likely N-dealkylation sites (tertiary alicyclic amines) is 1. The van der Waals surface area contributed by atoms with Crippen molar-refractivity contribution >= 4 is 6.09 Å². The van der Waals surface area contributed by atoms with E-state index in [0.717, 1.165) is 18.2 Å². The zero-order valence-corrected chi connectivity index (χ0v) is 13.2. The van der Waals surface area contributed by atoms with Gasteiger partial charge in [-0.25, -0.2) is 9.78 Å². The minimum Gasteiger partial charge on any atom is -0.444 e. The number of rotatable bonds is 2. The van der Waals surface area contributed by atoms with E-state index in [4.69, 9.17) is 4.74 Å². The number of carbonyl (C=O) groups excluding carboxylic acids is 1. The van der Waals surface area contributed by atoms with Crippen LogP contribution in [-0.2, 0) is 4.74 Å². The van der Waals surface area contributed by atoms with Crippen LogP contribution in [-0.4, -0.2) is 44.9 Å². The Hall–Kier alpha value is -1.59. The fourth-order valence-corrected chi connectivity index (χ4v) is 3.11. The minimum atomic E-state index is -0.453. The predicted octanol–water partition coefficient (Wildman–Crippen LogP) is 2.47. The van der Waals surface area contributed by atoms with Crippen LogP contribution in [0.3, 0.4) is 0 Å². The largest absolute Gasteiger partial charge is 0.444 e. The van der Waals surface area contributed by atoms with Gasteiger partial charge in [0.05, 0.1) is 0 Å². The van der Waals surface area contributed by atoms with Gasteiger partial charge in [0, 0.05) is 19.0 Å². The zero-order chi connectivity index (χ0) is 15.2. The lowest BCUT2D eigenvalue weighted by Crippen LogP contribution is -2.35. The molecular weight excluding hydrogens is 268 g/mol. The maximum absolute atomic E-state index is 12.3. The maximum Gasteiger partial charge on any atom is 0.410 e. The Morgan fingerprint density at radius 2 is 2.05 bits per heavy atom. The lowest BCUT2D eigenvalue weighted by molar-refractivity contribution is 0.0285. The SMILES string of the molecule is Cc1nc([C@@H]2CN(C(=O)OC(C)(C)C)C[C@H]2C2CC2)n[nH]1. The van der Waals surface area contributed by atoms with E-state index < -0.39 is 5.60 Å². The number of aryl methyl sites for hydroxylation is 1. The van der Waals surface area contributed by atoms with Gasteiger partial charge in [0.25, 0.3) is 0 Å². The molecule has 6 nitrogen and oxygen atoms in total. The highest BCUT2D eigenvalue weighted by Gasteiger charge is 2.46. The van der Waals surface area contributed by atoms with E-state index in [-0.39, 0.29) is 12.0 Å². The Kier molecular flexibility index (Phi) is 3.42. The first-order valence-electron chi connectivity index (χ1n) is 7.70. The standard InChI is InChI=1S/C15H24N4O2/c1-9-16-13(18-17-9)12-8-19(7-11(12)10-5-6-10)14(20)21-15(2,3)4/h10-12H,5-8H2,1-4H3,(H,16,17,18)/t11-,12+/m0/s1. The molecule has 1 amide bonds. The van der Waals surface area contributed by atoms with Gasteiger partial charge < -0.3 is 9.64 Å². The number of hydrogen-bond acceptors (Lipinski definition) is 4. The highest BCUT2D eigenvalue weighted by molar-refractivity contribution is 5.68. The van der Waals surface area contributed by atoms with Crippen molar-refractivity contribution in [3.8, 4) is 0 Å². The van der Waals surface area contributed by atoms with Crippen molar-refractivity contribution in [3.05, 3.63) is 11.6 Å². The third-order valence-corrected chi connectivity index (χ3v) is 4.19. The number of nitrogens with zero attached hydrogens (tertiary/aromatic N) is 3. The third kappa shape index (κ3) is 3.19. The van der Waals surface area contributed by atoms with Crippen LogP contribution in [0.15, 0.2) is 0 Å². The molecule has 2 heterocycles. The summed E-state index contributed by atoms with van der Waals surface area (Å²) < 4.78 is 5.50. The highest BCUT2D eigenvalue weighted by atomic mass is 16.6. The topological polar surface area (TPSA) is 71.1 Å². The average Bonchev–Trinajstić information content (AvgIpc) is 2.96. The van der Waals surface area contributed by atoms with E-state index in [2.05, 4.69) is 15.2 Å². The average molecular weight is 292 g/mol. The first-order valence-corrected chi connectivity index (χ1v) is 7.70. The molecule has 1 N–H and O–H groups in total. The Morgan fingerprint density at radius 3 is 2.57 bits per heavy atom.